The Labute approximate surface area is 122 Å². The van der Waals surface area contributed by atoms with Gasteiger partial charge in [0.25, 0.3) is 0 Å². The first-order chi connectivity index (χ1) is 9.98. The number of nitrogens with zero attached hydrogens (tertiary/aromatic N) is 1. The summed E-state index contributed by atoms with van der Waals surface area (Å²) in [6.07, 6.45) is 1.16. The highest BCUT2D eigenvalue weighted by molar-refractivity contribution is 5.32. The fraction of sp³-hybridized carbons (Fsp3) is 0.600. The number of rotatable bonds is 3. The number of hydrogen-bond donors (Lipinski definition) is 1. The van der Waals surface area contributed by atoms with Crippen molar-refractivity contribution in [3.8, 4) is 5.75 Å². The van der Waals surface area contributed by atoms with Crippen molar-refractivity contribution in [3.63, 3.8) is 0 Å². The second-order valence-electron chi connectivity index (χ2n) is 5.85. The molecule has 0 aliphatic carbocycles. The highest BCUT2D eigenvalue weighted by Crippen LogP contribution is 2.40. The summed E-state index contributed by atoms with van der Waals surface area (Å²) >= 11 is 0. The van der Waals surface area contributed by atoms with Gasteiger partial charge in [-0.2, -0.15) is 8.78 Å². The van der Waals surface area contributed by atoms with Crippen molar-refractivity contribution in [1.29, 1.82) is 0 Å². The van der Waals surface area contributed by atoms with E-state index >= 15 is 0 Å². The lowest BCUT2D eigenvalue weighted by molar-refractivity contribution is -0.137. The molecule has 0 aromatic heterocycles. The lowest BCUT2D eigenvalue weighted by atomic mass is 9.77. The predicted molar refractivity (Wildman–Crippen MR) is 72.4 cm³/mol. The van der Waals surface area contributed by atoms with Crippen LogP contribution in [-0.2, 0) is 10.3 Å². The monoisotopic (exact) mass is 299 g/mol. The summed E-state index contributed by atoms with van der Waals surface area (Å²) < 4.78 is 34.2. The smallest absolute Gasteiger partial charge is 0.387 e. The van der Waals surface area contributed by atoms with Gasteiger partial charge in [-0.15, -0.1) is 0 Å². The van der Waals surface area contributed by atoms with Crippen LogP contribution in [0.3, 0.4) is 0 Å². The van der Waals surface area contributed by atoms with Crippen LogP contribution in [0.1, 0.15) is 18.4 Å². The first kappa shape index (κ1) is 14.7. The molecule has 0 saturated carbocycles. The third kappa shape index (κ3) is 2.88. The van der Waals surface area contributed by atoms with Gasteiger partial charge in [-0.1, -0.05) is 12.1 Å². The zero-order chi connectivity index (χ0) is 15.0. The van der Waals surface area contributed by atoms with E-state index in [2.05, 4.69) is 16.7 Å². The number of ether oxygens (including phenoxy) is 2. The minimum atomic E-state index is -2.83. The second kappa shape index (κ2) is 5.51. The van der Waals surface area contributed by atoms with Gasteiger partial charge >= 0.3 is 6.61 Å². The van der Waals surface area contributed by atoms with E-state index in [1.807, 2.05) is 0 Å². The number of likely N-dealkylation sites (N-methyl/N-ethyl adjacent to an activating group) is 1. The molecular weight excluding hydrogens is 280 g/mol. The number of alkyl halides is 2. The van der Waals surface area contributed by atoms with Gasteiger partial charge in [-0.3, -0.25) is 4.90 Å². The molecule has 2 fully saturated rings. The maximum Gasteiger partial charge on any atom is 0.387 e. The zero-order valence-electron chi connectivity index (χ0n) is 11.8. The average Bonchev–Trinajstić information content (AvgIpc) is 2.41. The highest BCUT2D eigenvalue weighted by atomic mass is 19.3. The Kier molecular flexibility index (Phi) is 3.86. The molecule has 1 aromatic rings. The van der Waals surface area contributed by atoms with E-state index < -0.39 is 12.2 Å². The van der Waals surface area contributed by atoms with E-state index in [0.717, 1.165) is 5.56 Å². The highest BCUT2D eigenvalue weighted by Gasteiger charge is 2.45. The third-order valence-electron chi connectivity index (χ3n) is 4.54. The zero-order valence-corrected chi connectivity index (χ0v) is 11.8. The summed E-state index contributed by atoms with van der Waals surface area (Å²) in [4.78, 5) is 2.26. The quantitative estimate of drug-likeness (QED) is 0.926. The van der Waals surface area contributed by atoms with Gasteiger partial charge < -0.3 is 14.6 Å². The Morgan fingerprint density at radius 2 is 1.81 bits per heavy atom. The van der Waals surface area contributed by atoms with Gasteiger partial charge in [-0.25, -0.2) is 0 Å². The molecule has 2 bridgehead atoms. The van der Waals surface area contributed by atoms with E-state index in [-0.39, 0.29) is 17.8 Å². The molecule has 0 spiro atoms. The summed E-state index contributed by atoms with van der Waals surface area (Å²) in [7, 11) is 2.05. The van der Waals surface area contributed by atoms with Crippen LogP contribution in [0.2, 0.25) is 0 Å². The Hall–Kier alpha value is -1.24. The van der Waals surface area contributed by atoms with E-state index in [9.17, 15) is 13.9 Å². The first-order valence-corrected chi connectivity index (χ1v) is 7.05. The van der Waals surface area contributed by atoms with Crippen LogP contribution >= 0.6 is 0 Å². The molecule has 116 valence electrons. The lowest BCUT2D eigenvalue weighted by Gasteiger charge is -2.50. The summed E-state index contributed by atoms with van der Waals surface area (Å²) in [5.74, 6) is 0.105. The van der Waals surface area contributed by atoms with Gasteiger partial charge in [0.2, 0.25) is 0 Å². The van der Waals surface area contributed by atoms with E-state index in [0.29, 0.717) is 26.1 Å². The number of piperidine rings is 1. The Morgan fingerprint density at radius 1 is 1.24 bits per heavy atom. The molecule has 3 rings (SSSR count). The van der Waals surface area contributed by atoms with Crippen LogP contribution in [-0.4, -0.2) is 49.0 Å². The summed E-state index contributed by atoms with van der Waals surface area (Å²) in [5.41, 5.74) is -0.191. The van der Waals surface area contributed by atoms with Gasteiger partial charge in [0, 0.05) is 12.1 Å². The molecular formula is C15H19F2NO3. The average molecular weight is 299 g/mol. The largest absolute Gasteiger partial charge is 0.435 e. The number of hydrogen-bond acceptors (Lipinski definition) is 4. The Balaban J connectivity index is 1.79. The van der Waals surface area contributed by atoms with Gasteiger partial charge in [-0.05, 0) is 37.6 Å². The molecule has 2 aliphatic heterocycles. The van der Waals surface area contributed by atoms with Crippen molar-refractivity contribution >= 4 is 0 Å². The number of fused-ring (bicyclic) bond motifs is 2. The molecule has 4 nitrogen and oxygen atoms in total. The SMILES string of the molecule is CN1C2COCC1CC(O)(c1ccc(OC(F)F)cc1)C2. The van der Waals surface area contributed by atoms with Crippen molar-refractivity contribution in [2.45, 2.75) is 37.1 Å². The fourth-order valence-corrected chi connectivity index (χ4v) is 3.32. The molecule has 2 atom stereocenters. The van der Waals surface area contributed by atoms with Crippen molar-refractivity contribution in [1.82, 2.24) is 4.90 Å². The van der Waals surface area contributed by atoms with Gasteiger partial charge in [0.15, 0.2) is 0 Å². The molecule has 6 heteroatoms. The number of morpholine rings is 1. The summed E-state index contributed by atoms with van der Waals surface area (Å²) in [6.45, 7) is -1.61. The molecule has 21 heavy (non-hydrogen) atoms. The molecule has 2 aliphatic rings. The number of aliphatic hydroxyl groups is 1. The van der Waals surface area contributed by atoms with Crippen LogP contribution < -0.4 is 4.74 Å². The van der Waals surface area contributed by atoms with Crippen molar-refractivity contribution in [2.24, 2.45) is 0 Å². The van der Waals surface area contributed by atoms with Crippen LogP contribution in [0.15, 0.2) is 24.3 Å². The van der Waals surface area contributed by atoms with Crippen LogP contribution in [0, 0.1) is 0 Å². The van der Waals surface area contributed by atoms with Crippen LogP contribution in [0.5, 0.6) is 5.75 Å². The molecule has 0 radical (unpaired) electrons. The van der Waals surface area contributed by atoms with Crippen molar-refractivity contribution < 1.29 is 23.4 Å². The fourth-order valence-electron chi connectivity index (χ4n) is 3.32. The third-order valence-corrected chi connectivity index (χ3v) is 4.54. The molecule has 0 amide bonds. The molecule has 2 unspecified atom stereocenters. The Bertz CT molecular complexity index is 480. The molecule has 2 heterocycles. The van der Waals surface area contributed by atoms with Crippen molar-refractivity contribution in [2.75, 3.05) is 20.3 Å². The van der Waals surface area contributed by atoms with Gasteiger partial charge in [0.05, 0.1) is 18.8 Å². The minimum Gasteiger partial charge on any atom is -0.435 e. The number of halogens is 2. The van der Waals surface area contributed by atoms with E-state index in [1.54, 1.807) is 12.1 Å². The molecule has 1 N–H and O–H groups in total. The maximum absolute atomic E-state index is 12.2. The normalized spacial score (nSPS) is 33.2. The van der Waals surface area contributed by atoms with Crippen LogP contribution in [0.25, 0.3) is 0 Å². The summed E-state index contributed by atoms with van der Waals surface area (Å²) in [6, 6.07) is 6.65. The Morgan fingerprint density at radius 3 is 2.33 bits per heavy atom. The van der Waals surface area contributed by atoms with E-state index in [1.165, 1.54) is 12.1 Å². The van der Waals surface area contributed by atoms with Crippen molar-refractivity contribution in [3.05, 3.63) is 29.8 Å². The standard InChI is InChI=1S/C15H19F2NO3/c1-18-11-6-15(19,7-12(18)9-20-8-11)10-2-4-13(5-3-10)21-14(16)17/h2-5,11-12,14,19H,6-9H2,1H3. The minimum absolute atomic E-state index is 0.105. The molecule has 1 aromatic carbocycles. The van der Waals surface area contributed by atoms with Crippen LogP contribution in [0.4, 0.5) is 8.78 Å². The topological polar surface area (TPSA) is 41.9 Å². The van der Waals surface area contributed by atoms with Gasteiger partial charge in [0.1, 0.15) is 5.75 Å². The second-order valence-corrected chi connectivity index (χ2v) is 5.85. The van der Waals surface area contributed by atoms with E-state index in [4.69, 9.17) is 4.74 Å². The first-order valence-electron chi connectivity index (χ1n) is 7.05. The predicted octanol–water partition coefficient (Wildman–Crippen LogP) is 1.97. The molecule has 2 saturated heterocycles. The maximum atomic E-state index is 12.2. The summed E-state index contributed by atoms with van der Waals surface area (Å²) in [5, 5.41) is 11.0. The lowest BCUT2D eigenvalue weighted by Crippen LogP contribution is -2.59. The number of benzene rings is 1.